The van der Waals surface area contributed by atoms with E-state index in [1.165, 1.54) is 44.9 Å². The largest absolute Gasteiger partial charge is 0.457 e. The summed E-state index contributed by atoms with van der Waals surface area (Å²) in [7, 11) is 0. The minimum Gasteiger partial charge on any atom is -0.457 e. The van der Waals surface area contributed by atoms with E-state index < -0.39 is 43.4 Å². The predicted octanol–water partition coefficient (Wildman–Crippen LogP) is 9.13. The first-order valence-electron chi connectivity index (χ1n) is 21.4. The van der Waals surface area contributed by atoms with Crippen LogP contribution in [0.1, 0.15) is 155 Å². The molecule has 4 N–H and O–H groups in total. The summed E-state index contributed by atoms with van der Waals surface area (Å²) in [6, 6.07) is 0. The van der Waals surface area contributed by atoms with Gasteiger partial charge in [0.25, 0.3) is 0 Å². The van der Waals surface area contributed by atoms with Gasteiger partial charge in [0.15, 0.2) is 6.29 Å². The Morgan fingerprint density at radius 2 is 1.13 bits per heavy atom. The molecule has 0 aromatic rings. The summed E-state index contributed by atoms with van der Waals surface area (Å²) in [6.07, 6.45) is 38.1. The lowest BCUT2D eigenvalue weighted by atomic mass is 9.99. The number of rotatable bonds is 35. The van der Waals surface area contributed by atoms with Crippen LogP contribution in [0.2, 0.25) is 0 Å². The van der Waals surface area contributed by atoms with Crippen molar-refractivity contribution in [3.05, 3.63) is 60.8 Å². The minimum atomic E-state index is -1.54. The van der Waals surface area contributed by atoms with Crippen LogP contribution < -0.4 is 0 Å². The second kappa shape index (κ2) is 36.5. The van der Waals surface area contributed by atoms with E-state index in [-0.39, 0.29) is 19.2 Å². The van der Waals surface area contributed by atoms with Gasteiger partial charge in [-0.3, -0.25) is 4.79 Å². The van der Waals surface area contributed by atoms with E-state index in [1.807, 2.05) is 0 Å². The van der Waals surface area contributed by atoms with Crippen LogP contribution in [0.15, 0.2) is 60.8 Å². The van der Waals surface area contributed by atoms with Crippen molar-refractivity contribution in [1.82, 2.24) is 0 Å². The Bertz CT molecular complexity index is 1010. The molecule has 9 nitrogen and oxygen atoms in total. The van der Waals surface area contributed by atoms with Crippen LogP contribution in [0.25, 0.3) is 0 Å². The van der Waals surface area contributed by atoms with Gasteiger partial charge in [-0.05, 0) is 77.0 Å². The molecule has 0 amide bonds. The number of allylic oxidation sites excluding steroid dienone is 10. The third-order valence-corrected chi connectivity index (χ3v) is 9.42. The van der Waals surface area contributed by atoms with Gasteiger partial charge in [-0.15, -0.1) is 0 Å². The number of hydrogen-bond donors (Lipinski definition) is 4. The van der Waals surface area contributed by atoms with Crippen LogP contribution >= 0.6 is 0 Å². The van der Waals surface area contributed by atoms with Gasteiger partial charge >= 0.3 is 5.97 Å². The summed E-state index contributed by atoms with van der Waals surface area (Å²) in [6.45, 7) is 4.36. The Morgan fingerprint density at radius 3 is 1.70 bits per heavy atom. The lowest BCUT2D eigenvalue weighted by molar-refractivity contribution is -0.305. The normalized spacial score (nSPS) is 21.5. The van der Waals surface area contributed by atoms with Crippen LogP contribution in [0.3, 0.4) is 0 Å². The molecule has 0 aromatic carbocycles. The van der Waals surface area contributed by atoms with Crippen LogP contribution in [0.4, 0.5) is 0 Å². The standard InChI is InChI=1S/C45H78O9/c1-3-5-7-9-11-13-15-17-19-21-23-25-27-29-31-33-35-51-37-39(38-52-45-44(50)43(49)42(48)40(36-46)54-45)53-41(47)34-32-30-28-26-24-22-20-18-16-14-12-10-8-6-4-2/h6,8,11-14,17-20,39-40,42-46,48-50H,3-5,7,9-10,15-16,21-38H2,1-2H3/b8-6-,13-11-,14-12-,19-17-,20-18-. The molecule has 1 aliphatic rings. The summed E-state index contributed by atoms with van der Waals surface area (Å²) in [5, 5.41) is 40.1. The number of unbranched alkanes of at least 4 members (excludes halogenated alkanes) is 14. The molecule has 1 fully saturated rings. The maximum absolute atomic E-state index is 12.7. The molecule has 0 saturated carbocycles. The molecule has 1 saturated heterocycles. The zero-order valence-corrected chi connectivity index (χ0v) is 34.0. The first-order chi connectivity index (χ1) is 26.4. The predicted molar refractivity (Wildman–Crippen MR) is 219 cm³/mol. The van der Waals surface area contributed by atoms with E-state index in [2.05, 4.69) is 74.6 Å². The zero-order valence-electron chi connectivity index (χ0n) is 34.0. The molecular formula is C45H78O9. The van der Waals surface area contributed by atoms with Crippen molar-refractivity contribution in [2.45, 2.75) is 192 Å². The van der Waals surface area contributed by atoms with Crippen molar-refractivity contribution in [1.29, 1.82) is 0 Å². The van der Waals surface area contributed by atoms with Crippen molar-refractivity contribution in [3.8, 4) is 0 Å². The molecule has 9 heteroatoms. The Labute approximate surface area is 328 Å². The number of carbonyl (C=O) groups is 1. The van der Waals surface area contributed by atoms with Gasteiger partial charge in [0.1, 0.15) is 30.5 Å². The summed E-state index contributed by atoms with van der Waals surface area (Å²) in [5.74, 6) is -0.337. The number of ether oxygens (including phenoxy) is 4. The molecule has 6 atom stereocenters. The van der Waals surface area contributed by atoms with Gasteiger partial charge in [-0.2, -0.15) is 0 Å². The van der Waals surface area contributed by atoms with Crippen LogP contribution in [-0.4, -0.2) is 89.6 Å². The van der Waals surface area contributed by atoms with E-state index >= 15 is 0 Å². The molecule has 1 aliphatic heterocycles. The van der Waals surface area contributed by atoms with E-state index in [0.29, 0.717) is 13.0 Å². The number of aliphatic hydroxyl groups excluding tert-OH is 4. The topological polar surface area (TPSA) is 135 Å². The minimum absolute atomic E-state index is 0.128. The SMILES string of the molecule is CC/C=C\C/C=C\C/C=C\CCCCCCCC(=O)OC(COCCCCCCCC/C=C\C/C=C\CCCCC)COC1OC(CO)C(O)C(O)C1O. The lowest BCUT2D eigenvalue weighted by Gasteiger charge is -2.39. The van der Waals surface area contributed by atoms with Crippen molar-refractivity contribution < 1.29 is 44.2 Å². The average Bonchev–Trinajstić information content (AvgIpc) is 3.17. The summed E-state index contributed by atoms with van der Waals surface area (Å²) in [5.41, 5.74) is 0. The molecule has 6 unspecified atom stereocenters. The van der Waals surface area contributed by atoms with Gasteiger partial charge in [-0.1, -0.05) is 132 Å². The molecule has 0 aliphatic carbocycles. The van der Waals surface area contributed by atoms with Gasteiger partial charge in [-0.25, -0.2) is 0 Å². The van der Waals surface area contributed by atoms with E-state index in [9.17, 15) is 25.2 Å². The highest BCUT2D eigenvalue weighted by Crippen LogP contribution is 2.22. The van der Waals surface area contributed by atoms with Crippen LogP contribution in [-0.2, 0) is 23.7 Å². The van der Waals surface area contributed by atoms with E-state index in [1.54, 1.807) is 0 Å². The van der Waals surface area contributed by atoms with E-state index in [4.69, 9.17) is 18.9 Å². The molecule has 0 aromatic heterocycles. The highest BCUT2D eigenvalue weighted by atomic mass is 16.7. The fourth-order valence-electron chi connectivity index (χ4n) is 6.06. The molecule has 0 spiro atoms. The fraction of sp³-hybridized carbons (Fsp3) is 0.756. The quantitative estimate of drug-likeness (QED) is 0.0283. The Balaban J connectivity index is 2.32. The summed E-state index contributed by atoms with van der Waals surface area (Å²) < 4.78 is 22.7. The van der Waals surface area contributed by atoms with Gasteiger partial charge in [0.2, 0.25) is 0 Å². The molecule has 0 radical (unpaired) electrons. The van der Waals surface area contributed by atoms with Gasteiger partial charge < -0.3 is 39.4 Å². The number of hydrogen-bond acceptors (Lipinski definition) is 9. The Hall–Kier alpha value is -2.11. The number of esters is 1. The maximum atomic E-state index is 12.7. The van der Waals surface area contributed by atoms with Crippen molar-refractivity contribution in [2.75, 3.05) is 26.4 Å². The van der Waals surface area contributed by atoms with E-state index in [0.717, 1.165) is 89.9 Å². The number of aliphatic hydroxyl groups is 4. The third kappa shape index (κ3) is 27.5. The fourth-order valence-corrected chi connectivity index (χ4v) is 6.06. The zero-order chi connectivity index (χ0) is 39.3. The Morgan fingerprint density at radius 1 is 0.611 bits per heavy atom. The first kappa shape index (κ1) is 49.9. The van der Waals surface area contributed by atoms with Crippen LogP contribution in [0, 0.1) is 0 Å². The maximum Gasteiger partial charge on any atom is 0.306 e. The van der Waals surface area contributed by atoms with Crippen molar-refractivity contribution in [3.63, 3.8) is 0 Å². The highest BCUT2D eigenvalue weighted by Gasteiger charge is 2.44. The number of carbonyl (C=O) groups excluding carboxylic acids is 1. The average molecular weight is 763 g/mol. The second-order valence-electron chi connectivity index (χ2n) is 14.4. The van der Waals surface area contributed by atoms with Crippen molar-refractivity contribution in [2.24, 2.45) is 0 Å². The lowest BCUT2D eigenvalue weighted by Crippen LogP contribution is -2.59. The molecule has 0 bridgehead atoms. The summed E-state index contributed by atoms with van der Waals surface area (Å²) >= 11 is 0. The summed E-state index contributed by atoms with van der Waals surface area (Å²) in [4.78, 5) is 12.7. The highest BCUT2D eigenvalue weighted by molar-refractivity contribution is 5.69. The van der Waals surface area contributed by atoms with Gasteiger partial charge in [0.05, 0.1) is 19.8 Å². The van der Waals surface area contributed by atoms with Crippen LogP contribution in [0.5, 0.6) is 0 Å². The second-order valence-corrected chi connectivity index (χ2v) is 14.4. The molecule has 312 valence electrons. The van der Waals surface area contributed by atoms with Gasteiger partial charge in [0, 0.05) is 13.0 Å². The molecule has 1 heterocycles. The first-order valence-corrected chi connectivity index (χ1v) is 21.4. The molecular weight excluding hydrogens is 684 g/mol. The third-order valence-electron chi connectivity index (χ3n) is 9.42. The monoisotopic (exact) mass is 763 g/mol. The Kier molecular flexibility index (Phi) is 33.8. The molecule has 1 rings (SSSR count). The van der Waals surface area contributed by atoms with Crippen molar-refractivity contribution >= 4 is 5.97 Å². The molecule has 54 heavy (non-hydrogen) atoms. The smallest absolute Gasteiger partial charge is 0.306 e.